The molecule has 0 saturated carbocycles. The van der Waals surface area contributed by atoms with Crippen LogP contribution < -0.4 is 10.6 Å². The van der Waals surface area contributed by atoms with Crippen molar-refractivity contribution in [3.63, 3.8) is 0 Å². The number of hydrogen-bond donors (Lipinski definition) is 2. The highest BCUT2D eigenvalue weighted by atomic mass is 15.1. The van der Waals surface area contributed by atoms with E-state index in [1.165, 1.54) is 5.56 Å². The monoisotopic (exact) mass is 381 g/mol. The summed E-state index contributed by atoms with van der Waals surface area (Å²) in [7, 11) is 0. The molecule has 0 saturated heterocycles. The molecular weight excluding hydrogens is 358 g/mol. The van der Waals surface area contributed by atoms with Crippen LogP contribution in [0.5, 0.6) is 0 Å². The predicted octanol–water partition coefficient (Wildman–Crippen LogP) is 5.46. The quantitative estimate of drug-likeness (QED) is 0.445. The molecule has 5 nitrogen and oxygen atoms in total. The number of hydrogen-bond acceptors (Lipinski definition) is 5. The second kappa shape index (κ2) is 8.97. The van der Waals surface area contributed by atoms with Gasteiger partial charge in [-0.25, -0.2) is 9.97 Å². The molecule has 0 aliphatic rings. The number of benzene rings is 2. The average molecular weight is 381 g/mol. The zero-order valence-electron chi connectivity index (χ0n) is 16.3. The molecule has 4 aromatic rings. The third kappa shape index (κ3) is 4.96. The van der Waals surface area contributed by atoms with E-state index in [2.05, 4.69) is 46.8 Å². The van der Waals surface area contributed by atoms with E-state index in [1.54, 1.807) is 6.20 Å². The van der Waals surface area contributed by atoms with Gasteiger partial charge in [0.2, 0.25) is 0 Å². The van der Waals surface area contributed by atoms with E-state index in [0.717, 1.165) is 34.9 Å². The lowest BCUT2D eigenvalue weighted by Crippen LogP contribution is -2.05. The summed E-state index contributed by atoms with van der Waals surface area (Å²) in [4.78, 5) is 13.6. The lowest BCUT2D eigenvalue weighted by Gasteiger charge is -2.12. The Kier molecular flexibility index (Phi) is 5.76. The van der Waals surface area contributed by atoms with Gasteiger partial charge in [0.15, 0.2) is 5.82 Å². The highest BCUT2D eigenvalue weighted by molar-refractivity contribution is 5.65. The summed E-state index contributed by atoms with van der Waals surface area (Å²) in [6.07, 6.45) is 4.64. The van der Waals surface area contributed by atoms with Crippen LogP contribution in [0.3, 0.4) is 0 Å². The number of aromatic nitrogens is 3. The van der Waals surface area contributed by atoms with E-state index >= 15 is 0 Å². The van der Waals surface area contributed by atoms with Gasteiger partial charge in [-0.1, -0.05) is 55.5 Å². The summed E-state index contributed by atoms with van der Waals surface area (Å²) in [6.45, 7) is 2.79. The Morgan fingerprint density at radius 2 is 1.59 bits per heavy atom. The summed E-state index contributed by atoms with van der Waals surface area (Å²) in [5.41, 5.74) is 4.37. The molecule has 0 bridgehead atoms. The fourth-order valence-electron chi connectivity index (χ4n) is 2.99. The van der Waals surface area contributed by atoms with E-state index < -0.39 is 0 Å². The van der Waals surface area contributed by atoms with E-state index in [0.29, 0.717) is 12.4 Å². The number of nitrogens with one attached hydrogen (secondary N) is 2. The summed E-state index contributed by atoms with van der Waals surface area (Å²) in [6, 6.07) is 24.3. The minimum atomic E-state index is 0.643. The highest BCUT2D eigenvalue weighted by Crippen LogP contribution is 2.23. The fourth-order valence-corrected chi connectivity index (χ4v) is 2.99. The SMILES string of the molecule is CCc1ccc(Nc2cc(NCc3cccnc3)nc(-c3ccccc3)n2)cc1. The van der Waals surface area contributed by atoms with Gasteiger partial charge in [0.05, 0.1) is 0 Å². The molecule has 0 aliphatic carbocycles. The van der Waals surface area contributed by atoms with Crippen molar-refractivity contribution in [3.8, 4) is 11.4 Å². The standard InChI is InChI=1S/C24H23N5/c1-2-18-10-12-21(13-11-18)27-23-15-22(26-17-19-7-6-14-25-16-19)28-24(29-23)20-8-4-3-5-9-20/h3-16H,2,17H2,1H3,(H2,26,27,28,29). The number of pyridine rings is 1. The Balaban J connectivity index is 1.62. The lowest BCUT2D eigenvalue weighted by molar-refractivity contribution is 1.07. The molecule has 0 fully saturated rings. The first kappa shape index (κ1) is 18.6. The third-order valence-corrected chi connectivity index (χ3v) is 4.59. The van der Waals surface area contributed by atoms with Crippen molar-refractivity contribution in [1.29, 1.82) is 0 Å². The van der Waals surface area contributed by atoms with Gasteiger partial charge >= 0.3 is 0 Å². The largest absolute Gasteiger partial charge is 0.366 e. The first-order valence-electron chi connectivity index (χ1n) is 9.73. The molecule has 2 heterocycles. The van der Waals surface area contributed by atoms with Gasteiger partial charge in [0.1, 0.15) is 11.6 Å². The average Bonchev–Trinajstić information content (AvgIpc) is 2.79. The molecule has 0 aliphatic heterocycles. The second-order valence-corrected chi connectivity index (χ2v) is 6.72. The normalized spacial score (nSPS) is 10.5. The summed E-state index contributed by atoms with van der Waals surface area (Å²) in [5, 5.41) is 6.78. The second-order valence-electron chi connectivity index (χ2n) is 6.72. The van der Waals surface area contributed by atoms with Gasteiger partial charge in [-0.3, -0.25) is 4.98 Å². The van der Waals surface area contributed by atoms with E-state index in [4.69, 9.17) is 9.97 Å². The van der Waals surface area contributed by atoms with Gasteiger partial charge in [0.25, 0.3) is 0 Å². The van der Waals surface area contributed by atoms with Gasteiger partial charge in [-0.05, 0) is 35.7 Å². The van der Waals surface area contributed by atoms with Crippen molar-refractivity contribution in [1.82, 2.24) is 15.0 Å². The van der Waals surface area contributed by atoms with Crippen molar-refractivity contribution < 1.29 is 0 Å². The van der Waals surface area contributed by atoms with Gasteiger partial charge in [-0.15, -0.1) is 0 Å². The molecular formula is C24H23N5. The van der Waals surface area contributed by atoms with Crippen LogP contribution in [0.2, 0.25) is 0 Å². The number of anilines is 3. The molecule has 5 heteroatoms. The molecule has 0 atom stereocenters. The zero-order chi connectivity index (χ0) is 19.9. The molecule has 0 amide bonds. The lowest BCUT2D eigenvalue weighted by atomic mass is 10.1. The molecule has 2 N–H and O–H groups in total. The molecule has 2 aromatic heterocycles. The molecule has 4 rings (SSSR count). The van der Waals surface area contributed by atoms with Crippen LogP contribution in [0.15, 0.2) is 85.2 Å². The molecule has 0 radical (unpaired) electrons. The topological polar surface area (TPSA) is 62.7 Å². The van der Waals surface area contributed by atoms with Crippen LogP contribution in [0, 0.1) is 0 Å². The number of aryl methyl sites for hydroxylation is 1. The van der Waals surface area contributed by atoms with Crippen LogP contribution >= 0.6 is 0 Å². The fraction of sp³-hybridized carbons (Fsp3) is 0.125. The maximum Gasteiger partial charge on any atom is 0.163 e. The summed E-state index contributed by atoms with van der Waals surface area (Å²) in [5.74, 6) is 2.18. The zero-order valence-corrected chi connectivity index (χ0v) is 16.3. The number of nitrogens with zero attached hydrogens (tertiary/aromatic N) is 3. The Labute approximate surface area is 170 Å². The first-order chi connectivity index (χ1) is 14.3. The maximum atomic E-state index is 4.72. The van der Waals surface area contributed by atoms with Crippen LogP contribution in [0.4, 0.5) is 17.3 Å². The minimum absolute atomic E-state index is 0.643. The smallest absolute Gasteiger partial charge is 0.163 e. The molecule has 0 unspecified atom stereocenters. The van der Waals surface area contributed by atoms with Crippen LogP contribution in [0.25, 0.3) is 11.4 Å². The Morgan fingerprint density at radius 3 is 2.31 bits per heavy atom. The van der Waals surface area contributed by atoms with Crippen LogP contribution in [0.1, 0.15) is 18.1 Å². The summed E-state index contributed by atoms with van der Waals surface area (Å²) < 4.78 is 0. The Hall–Kier alpha value is -3.73. The van der Waals surface area contributed by atoms with E-state index in [-0.39, 0.29) is 0 Å². The van der Waals surface area contributed by atoms with E-state index in [9.17, 15) is 0 Å². The Bertz CT molecular complexity index is 1050. The molecule has 2 aromatic carbocycles. The van der Waals surface area contributed by atoms with Crippen molar-refractivity contribution in [2.75, 3.05) is 10.6 Å². The van der Waals surface area contributed by atoms with Crippen molar-refractivity contribution in [3.05, 3.63) is 96.3 Å². The predicted molar refractivity (Wildman–Crippen MR) is 118 cm³/mol. The van der Waals surface area contributed by atoms with Crippen LogP contribution in [-0.2, 0) is 13.0 Å². The Morgan fingerprint density at radius 1 is 0.793 bits per heavy atom. The first-order valence-corrected chi connectivity index (χ1v) is 9.73. The van der Waals surface area contributed by atoms with Gasteiger partial charge < -0.3 is 10.6 Å². The van der Waals surface area contributed by atoms with Crippen molar-refractivity contribution >= 4 is 17.3 Å². The van der Waals surface area contributed by atoms with E-state index in [1.807, 2.05) is 54.7 Å². The minimum Gasteiger partial charge on any atom is -0.366 e. The highest BCUT2D eigenvalue weighted by Gasteiger charge is 2.08. The molecule has 29 heavy (non-hydrogen) atoms. The van der Waals surface area contributed by atoms with Gasteiger partial charge in [0, 0.05) is 36.3 Å². The maximum absolute atomic E-state index is 4.72. The molecule has 0 spiro atoms. The summed E-state index contributed by atoms with van der Waals surface area (Å²) >= 11 is 0. The van der Waals surface area contributed by atoms with Crippen molar-refractivity contribution in [2.24, 2.45) is 0 Å². The van der Waals surface area contributed by atoms with Crippen molar-refractivity contribution in [2.45, 2.75) is 19.9 Å². The van der Waals surface area contributed by atoms with Crippen LogP contribution in [-0.4, -0.2) is 15.0 Å². The van der Waals surface area contributed by atoms with Gasteiger partial charge in [-0.2, -0.15) is 0 Å². The number of rotatable bonds is 7. The molecule has 144 valence electrons. The third-order valence-electron chi connectivity index (χ3n) is 4.59.